The fourth-order valence-electron chi connectivity index (χ4n) is 5.97. The number of likely N-dealkylation sites (tertiary alicyclic amines) is 1. The molecule has 2 aromatic carbocycles. The van der Waals surface area contributed by atoms with E-state index in [1.165, 1.54) is 4.90 Å². The Hall–Kier alpha value is -3.59. The zero-order chi connectivity index (χ0) is 30.4. The summed E-state index contributed by atoms with van der Waals surface area (Å²) in [6, 6.07) is 15.5. The molecule has 2 heterocycles. The minimum Gasteiger partial charge on any atom is -0.469 e. The number of β-lactam (4-membered cyclic amide) rings is 1. The van der Waals surface area contributed by atoms with Gasteiger partial charge >= 0.3 is 12.1 Å². The minimum atomic E-state index is -0.732. The Morgan fingerprint density at radius 2 is 1.60 bits per heavy atom. The molecule has 9 heteroatoms. The monoisotopic (exact) mass is 577 g/mol. The number of hydrogen-bond acceptors (Lipinski definition) is 5. The van der Waals surface area contributed by atoms with Gasteiger partial charge < -0.3 is 19.9 Å². The van der Waals surface area contributed by atoms with Crippen LogP contribution < -0.4 is 10.1 Å². The van der Waals surface area contributed by atoms with Crippen LogP contribution in [-0.2, 0) is 11.3 Å². The highest BCUT2D eigenvalue weighted by Crippen LogP contribution is 2.46. The number of rotatable bonds is 10. The molecule has 2 fully saturated rings. The van der Waals surface area contributed by atoms with Gasteiger partial charge in [0, 0.05) is 46.8 Å². The zero-order valence-corrected chi connectivity index (χ0v) is 26.1. The lowest BCUT2D eigenvalue weighted by atomic mass is 9.72. The molecular weight excluding hydrogens is 530 g/mol. The van der Waals surface area contributed by atoms with Crippen molar-refractivity contribution < 1.29 is 19.1 Å². The van der Waals surface area contributed by atoms with Crippen molar-refractivity contribution in [3.8, 4) is 5.75 Å². The molecule has 0 bridgehead atoms. The average Bonchev–Trinajstić information content (AvgIpc) is 2.99. The lowest BCUT2D eigenvalue weighted by Crippen LogP contribution is -2.73. The molecule has 9 nitrogen and oxygen atoms in total. The molecule has 0 saturated carbocycles. The van der Waals surface area contributed by atoms with Gasteiger partial charge in [-0.1, -0.05) is 69.2 Å². The summed E-state index contributed by atoms with van der Waals surface area (Å²) in [5.74, 6) is 0.447. The SMILES string of the molecule is CCC[C@@H](NC(=O)N1C(=O)C(CC)(CC)[C@@H]1Oc1ccc(CN2CCN(C(=O)N(C)C)CC2)cc1)c1ccc(C)cc1. The summed E-state index contributed by atoms with van der Waals surface area (Å²) in [5, 5.41) is 3.11. The molecule has 2 aliphatic heterocycles. The molecule has 1 N–H and O–H groups in total. The average molecular weight is 578 g/mol. The van der Waals surface area contributed by atoms with Crippen LogP contribution >= 0.6 is 0 Å². The number of nitrogens with zero attached hydrogens (tertiary/aromatic N) is 4. The van der Waals surface area contributed by atoms with Crippen molar-refractivity contribution in [2.24, 2.45) is 5.41 Å². The number of aryl methyl sites for hydroxylation is 1. The number of hydrogen-bond donors (Lipinski definition) is 1. The first-order valence-electron chi connectivity index (χ1n) is 15.3. The Morgan fingerprint density at radius 3 is 2.14 bits per heavy atom. The number of urea groups is 2. The number of carbonyl (C=O) groups excluding carboxylic acids is 3. The molecular formula is C33H47N5O4. The summed E-state index contributed by atoms with van der Waals surface area (Å²) in [7, 11) is 3.56. The number of carbonyl (C=O) groups is 3. The Morgan fingerprint density at radius 1 is 0.976 bits per heavy atom. The Balaban J connectivity index is 1.42. The molecule has 2 saturated heterocycles. The molecule has 0 radical (unpaired) electrons. The van der Waals surface area contributed by atoms with Crippen molar-refractivity contribution in [2.75, 3.05) is 40.3 Å². The van der Waals surface area contributed by atoms with Gasteiger partial charge in [-0.3, -0.25) is 9.69 Å². The predicted molar refractivity (Wildman–Crippen MR) is 164 cm³/mol. The van der Waals surface area contributed by atoms with E-state index in [4.69, 9.17) is 4.74 Å². The van der Waals surface area contributed by atoms with Crippen LogP contribution in [0.3, 0.4) is 0 Å². The molecule has 2 aliphatic rings. The van der Waals surface area contributed by atoms with Gasteiger partial charge in [0.05, 0.1) is 6.04 Å². The van der Waals surface area contributed by atoms with Crippen molar-refractivity contribution in [3.63, 3.8) is 0 Å². The summed E-state index contributed by atoms with van der Waals surface area (Å²) in [4.78, 5) is 46.3. The lowest BCUT2D eigenvalue weighted by Gasteiger charge is -2.53. The number of ether oxygens (including phenoxy) is 1. The van der Waals surface area contributed by atoms with Crippen molar-refractivity contribution in [3.05, 3.63) is 65.2 Å². The van der Waals surface area contributed by atoms with Crippen LogP contribution in [0.2, 0.25) is 0 Å². The Kier molecular flexibility index (Phi) is 10.1. The fraction of sp³-hybridized carbons (Fsp3) is 0.545. The number of benzene rings is 2. The van der Waals surface area contributed by atoms with Gasteiger partial charge in [0.1, 0.15) is 11.2 Å². The largest absolute Gasteiger partial charge is 0.469 e. The van der Waals surface area contributed by atoms with Gasteiger partial charge in [-0.2, -0.15) is 0 Å². The molecule has 228 valence electrons. The first-order valence-corrected chi connectivity index (χ1v) is 15.3. The molecule has 0 aromatic heterocycles. The molecule has 0 aliphatic carbocycles. The van der Waals surface area contributed by atoms with Gasteiger partial charge in [-0.05, 0) is 49.4 Å². The lowest BCUT2D eigenvalue weighted by molar-refractivity contribution is -0.191. The molecule has 0 spiro atoms. The maximum Gasteiger partial charge on any atom is 0.327 e. The third-order valence-electron chi connectivity index (χ3n) is 8.79. The van der Waals surface area contributed by atoms with E-state index in [0.717, 1.165) is 49.2 Å². The van der Waals surface area contributed by atoms with Gasteiger partial charge in [0.2, 0.25) is 5.91 Å². The minimum absolute atomic E-state index is 0.0552. The topological polar surface area (TPSA) is 85.4 Å². The second-order valence-electron chi connectivity index (χ2n) is 11.8. The van der Waals surface area contributed by atoms with E-state index in [9.17, 15) is 14.4 Å². The summed E-state index contributed by atoms with van der Waals surface area (Å²) in [6.07, 6.45) is 2.18. The smallest absolute Gasteiger partial charge is 0.327 e. The van der Waals surface area contributed by atoms with Crippen LogP contribution in [0.5, 0.6) is 5.75 Å². The van der Waals surface area contributed by atoms with Gasteiger partial charge in [-0.25, -0.2) is 14.5 Å². The fourth-order valence-corrected chi connectivity index (χ4v) is 5.97. The third kappa shape index (κ3) is 6.56. The van der Waals surface area contributed by atoms with E-state index in [1.54, 1.807) is 19.0 Å². The van der Waals surface area contributed by atoms with Crippen molar-refractivity contribution in [2.45, 2.75) is 72.2 Å². The third-order valence-corrected chi connectivity index (χ3v) is 8.79. The van der Waals surface area contributed by atoms with E-state index in [-0.39, 0.29) is 18.0 Å². The van der Waals surface area contributed by atoms with E-state index < -0.39 is 17.7 Å². The Labute approximate surface area is 250 Å². The number of amides is 5. The van der Waals surface area contributed by atoms with Crippen LogP contribution in [0.4, 0.5) is 9.59 Å². The number of piperazine rings is 1. The normalized spacial score (nSPS) is 19.2. The van der Waals surface area contributed by atoms with Crippen LogP contribution in [0.25, 0.3) is 0 Å². The second kappa shape index (κ2) is 13.6. The Bertz CT molecular complexity index is 1220. The molecule has 0 unspecified atom stereocenters. The molecule has 42 heavy (non-hydrogen) atoms. The first kappa shape index (κ1) is 31.3. The van der Waals surface area contributed by atoms with Gasteiger partial charge in [0.15, 0.2) is 6.23 Å². The van der Waals surface area contributed by atoms with Crippen molar-refractivity contribution in [1.29, 1.82) is 0 Å². The van der Waals surface area contributed by atoms with E-state index in [0.29, 0.717) is 31.7 Å². The number of imide groups is 1. The van der Waals surface area contributed by atoms with Crippen LogP contribution in [0, 0.1) is 12.3 Å². The predicted octanol–water partition coefficient (Wildman–Crippen LogP) is 5.40. The summed E-state index contributed by atoms with van der Waals surface area (Å²) < 4.78 is 6.40. The second-order valence-corrected chi connectivity index (χ2v) is 11.8. The summed E-state index contributed by atoms with van der Waals surface area (Å²) in [5.41, 5.74) is 2.60. The number of nitrogens with one attached hydrogen (secondary N) is 1. The molecule has 5 amide bonds. The van der Waals surface area contributed by atoms with Gasteiger partial charge in [-0.15, -0.1) is 0 Å². The van der Waals surface area contributed by atoms with Crippen molar-refractivity contribution in [1.82, 2.24) is 24.9 Å². The summed E-state index contributed by atoms with van der Waals surface area (Å²) >= 11 is 0. The highest BCUT2D eigenvalue weighted by molar-refractivity contribution is 6.03. The van der Waals surface area contributed by atoms with E-state index >= 15 is 0 Å². The molecule has 2 aromatic rings. The molecule has 4 rings (SSSR count). The maximum atomic E-state index is 13.5. The summed E-state index contributed by atoms with van der Waals surface area (Å²) in [6.45, 7) is 11.9. The van der Waals surface area contributed by atoms with E-state index in [2.05, 4.69) is 17.1 Å². The van der Waals surface area contributed by atoms with Crippen LogP contribution in [-0.4, -0.2) is 84.1 Å². The molecule has 2 atom stereocenters. The highest BCUT2D eigenvalue weighted by Gasteiger charge is 2.63. The van der Waals surface area contributed by atoms with Crippen molar-refractivity contribution >= 4 is 18.0 Å². The quantitative estimate of drug-likeness (QED) is 0.383. The van der Waals surface area contributed by atoms with Gasteiger partial charge in [0.25, 0.3) is 0 Å². The first-order chi connectivity index (χ1) is 20.1. The highest BCUT2D eigenvalue weighted by atomic mass is 16.5. The van der Waals surface area contributed by atoms with E-state index in [1.807, 2.05) is 74.2 Å². The standard InChI is InChI=1S/C33H47N5O4/c1-7-10-28(26-15-11-24(4)12-16-26)34-31(40)38-29(39)33(8-2,9-3)30(38)42-27-17-13-25(14-18-27)23-36-19-21-37(22-20-36)32(41)35(5)6/h11-18,28,30H,7-10,19-23H2,1-6H3,(H,34,40)/t28-,30+/m1/s1. The zero-order valence-electron chi connectivity index (χ0n) is 26.1. The van der Waals surface area contributed by atoms with Crippen LogP contribution in [0.15, 0.2) is 48.5 Å². The van der Waals surface area contributed by atoms with Crippen LogP contribution in [0.1, 0.15) is 69.2 Å². The maximum absolute atomic E-state index is 13.5.